The van der Waals surface area contributed by atoms with Crippen LogP contribution >= 0.6 is 11.3 Å². The molecule has 0 aromatic carbocycles. The minimum Gasteiger partial charge on any atom is -0.310 e. The molecule has 0 aliphatic carbocycles. The van der Waals surface area contributed by atoms with Crippen LogP contribution in [0.3, 0.4) is 0 Å². The molecule has 8 heteroatoms. The third kappa shape index (κ3) is 3.69. The van der Waals surface area contributed by atoms with Gasteiger partial charge in [-0.25, -0.2) is 4.98 Å². The largest absolute Gasteiger partial charge is 0.310 e. The number of aryl methyl sites for hydroxylation is 1. The Kier molecular flexibility index (Phi) is 4.80. The molecule has 0 aliphatic heterocycles. The molecular weight excluding hydrogens is 338 g/mol. The van der Waals surface area contributed by atoms with Gasteiger partial charge in [-0.3, -0.25) is 14.6 Å². The number of rotatable bonds is 5. The van der Waals surface area contributed by atoms with Crippen LogP contribution in [0, 0.1) is 5.92 Å². The molecule has 0 atom stereocenters. The lowest BCUT2D eigenvalue weighted by Crippen LogP contribution is -2.22. The van der Waals surface area contributed by atoms with Crippen molar-refractivity contribution in [1.29, 1.82) is 0 Å². The third-order valence-electron chi connectivity index (χ3n) is 3.60. The molecular formula is C17H19N5O2S. The molecule has 7 nitrogen and oxygen atoms in total. The topological polar surface area (TPSA) is 92.7 Å². The SMILES string of the molecule is CCc1cc(=O)[nH]c(-n2nc(-c3cccs3)cc2NC(=O)C(C)C)n1. The van der Waals surface area contributed by atoms with Crippen LogP contribution in [-0.4, -0.2) is 25.7 Å². The zero-order valence-electron chi connectivity index (χ0n) is 14.2. The minimum absolute atomic E-state index is 0.132. The molecule has 3 heterocycles. The van der Waals surface area contributed by atoms with Crippen molar-refractivity contribution in [3.8, 4) is 16.5 Å². The Labute approximate surface area is 148 Å². The lowest BCUT2D eigenvalue weighted by Gasteiger charge is -2.10. The van der Waals surface area contributed by atoms with Crippen LogP contribution in [0.5, 0.6) is 0 Å². The van der Waals surface area contributed by atoms with E-state index in [9.17, 15) is 9.59 Å². The maximum atomic E-state index is 12.1. The Hall–Kier alpha value is -2.74. The number of nitrogens with one attached hydrogen (secondary N) is 2. The second-order valence-corrected chi connectivity index (χ2v) is 6.81. The molecule has 3 rings (SSSR count). The van der Waals surface area contributed by atoms with Crippen LogP contribution in [0.1, 0.15) is 26.5 Å². The van der Waals surface area contributed by atoms with Crippen molar-refractivity contribution in [2.45, 2.75) is 27.2 Å². The van der Waals surface area contributed by atoms with E-state index in [1.165, 1.54) is 10.7 Å². The van der Waals surface area contributed by atoms with E-state index in [2.05, 4.69) is 20.4 Å². The number of thiophene rings is 1. The molecule has 0 fully saturated rings. The fourth-order valence-corrected chi connectivity index (χ4v) is 2.90. The summed E-state index contributed by atoms with van der Waals surface area (Å²) in [5.74, 6) is 0.445. The van der Waals surface area contributed by atoms with Gasteiger partial charge >= 0.3 is 0 Å². The zero-order valence-corrected chi connectivity index (χ0v) is 15.1. The van der Waals surface area contributed by atoms with Crippen molar-refractivity contribution >= 4 is 23.1 Å². The average Bonchev–Trinajstić information content (AvgIpc) is 3.23. The summed E-state index contributed by atoms with van der Waals surface area (Å²) in [6, 6.07) is 7.12. The number of carbonyl (C=O) groups excluding carboxylic acids is 1. The Balaban J connectivity index is 2.11. The highest BCUT2D eigenvalue weighted by Crippen LogP contribution is 2.27. The molecule has 1 amide bonds. The van der Waals surface area contributed by atoms with Crippen molar-refractivity contribution in [3.63, 3.8) is 0 Å². The van der Waals surface area contributed by atoms with Crippen LogP contribution in [0.25, 0.3) is 16.5 Å². The molecule has 25 heavy (non-hydrogen) atoms. The van der Waals surface area contributed by atoms with Gasteiger partial charge in [-0.15, -0.1) is 11.3 Å². The lowest BCUT2D eigenvalue weighted by atomic mass is 10.2. The van der Waals surface area contributed by atoms with Gasteiger partial charge in [0.15, 0.2) is 0 Å². The molecule has 3 aromatic rings. The van der Waals surface area contributed by atoms with Crippen LogP contribution in [-0.2, 0) is 11.2 Å². The van der Waals surface area contributed by atoms with E-state index >= 15 is 0 Å². The molecule has 0 spiro atoms. The van der Waals surface area contributed by atoms with E-state index in [1.54, 1.807) is 17.4 Å². The molecule has 3 aromatic heterocycles. The first-order valence-electron chi connectivity index (χ1n) is 8.03. The van der Waals surface area contributed by atoms with Gasteiger partial charge in [0.05, 0.1) is 4.88 Å². The predicted octanol–water partition coefficient (Wildman–Crippen LogP) is 2.84. The smallest absolute Gasteiger partial charge is 0.252 e. The molecule has 2 N–H and O–H groups in total. The van der Waals surface area contributed by atoms with Crippen LogP contribution in [0.4, 0.5) is 5.82 Å². The van der Waals surface area contributed by atoms with Crippen molar-refractivity contribution < 1.29 is 4.79 Å². The summed E-state index contributed by atoms with van der Waals surface area (Å²) in [4.78, 5) is 32.1. The highest BCUT2D eigenvalue weighted by Gasteiger charge is 2.17. The number of amides is 1. The second kappa shape index (κ2) is 7.02. The van der Waals surface area contributed by atoms with Gasteiger partial charge in [0.25, 0.3) is 5.56 Å². The highest BCUT2D eigenvalue weighted by molar-refractivity contribution is 7.13. The fourth-order valence-electron chi connectivity index (χ4n) is 2.22. The fraction of sp³-hybridized carbons (Fsp3) is 0.294. The van der Waals surface area contributed by atoms with E-state index in [0.717, 1.165) is 4.88 Å². The molecule has 0 radical (unpaired) electrons. The van der Waals surface area contributed by atoms with E-state index in [1.807, 2.05) is 38.3 Å². The van der Waals surface area contributed by atoms with Gasteiger partial charge in [0.1, 0.15) is 11.5 Å². The monoisotopic (exact) mass is 357 g/mol. The summed E-state index contributed by atoms with van der Waals surface area (Å²) in [5, 5.41) is 9.34. The third-order valence-corrected chi connectivity index (χ3v) is 4.50. The van der Waals surface area contributed by atoms with Gasteiger partial charge in [-0.05, 0) is 17.9 Å². The van der Waals surface area contributed by atoms with Crippen molar-refractivity contribution in [3.05, 3.63) is 45.7 Å². The Morgan fingerprint density at radius 3 is 2.84 bits per heavy atom. The maximum Gasteiger partial charge on any atom is 0.252 e. The zero-order chi connectivity index (χ0) is 18.0. The van der Waals surface area contributed by atoms with Gasteiger partial charge in [0, 0.05) is 23.7 Å². The summed E-state index contributed by atoms with van der Waals surface area (Å²) in [7, 11) is 0. The van der Waals surface area contributed by atoms with Gasteiger partial charge in [0.2, 0.25) is 11.9 Å². The first kappa shape index (κ1) is 17.1. The Bertz CT molecular complexity index is 940. The Morgan fingerprint density at radius 1 is 1.40 bits per heavy atom. The number of hydrogen-bond acceptors (Lipinski definition) is 5. The van der Waals surface area contributed by atoms with E-state index in [-0.39, 0.29) is 23.3 Å². The molecule has 0 unspecified atom stereocenters. The second-order valence-electron chi connectivity index (χ2n) is 5.86. The molecule has 130 valence electrons. The van der Waals surface area contributed by atoms with Crippen LogP contribution in [0.15, 0.2) is 34.4 Å². The summed E-state index contributed by atoms with van der Waals surface area (Å²) >= 11 is 1.55. The quantitative estimate of drug-likeness (QED) is 0.734. The summed E-state index contributed by atoms with van der Waals surface area (Å²) in [5.41, 5.74) is 1.11. The molecule has 0 saturated heterocycles. The summed E-state index contributed by atoms with van der Waals surface area (Å²) in [6.07, 6.45) is 0.629. The number of aromatic amines is 1. The van der Waals surface area contributed by atoms with Crippen LogP contribution in [0.2, 0.25) is 0 Å². The van der Waals surface area contributed by atoms with E-state index in [0.29, 0.717) is 23.6 Å². The van der Waals surface area contributed by atoms with Gasteiger partial charge in [-0.1, -0.05) is 26.8 Å². The normalized spacial score (nSPS) is 11.0. The highest BCUT2D eigenvalue weighted by atomic mass is 32.1. The number of anilines is 1. The van der Waals surface area contributed by atoms with E-state index in [4.69, 9.17) is 0 Å². The number of carbonyl (C=O) groups is 1. The first-order valence-corrected chi connectivity index (χ1v) is 8.91. The summed E-state index contributed by atoms with van der Waals surface area (Å²) < 4.78 is 1.47. The Morgan fingerprint density at radius 2 is 2.20 bits per heavy atom. The molecule has 0 aliphatic rings. The standard InChI is InChI=1S/C17H19N5O2S/c1-4-11-8-15(23)20-17(18-11)22-14(19-16(24)10(2)3)9-12(21-22)13-6-5-7-25-13/h5-10H,4H2,1-3H3,(H,19,24)(H,18,20,23). The number of aromatic nitrogens is 4. The number of nitrogens with zero attached hydrogens (tertiary/aromatic N) is 3. The molecule has 0 saturated carbocycles. The summed E-state index contributed by atoms with van der Waals surface area (Å²) in [6.45, 7) is 5.55. The average molecular weight is 357 g/mol. The first-order chi connectivity index (χ1) is 12.0. The number of hydrogen-bond donors (Lipinski definition) is 2. The maximum absolute atomic E-state index is 12.1. The van der Waals surface area contributed by atoms with E-state index < -0.39 is 0 Å². The van der Waals surface area contributed by atoms with Crippen molar-refractivity contribution in [2.24, 2.45) is 5.92 Å². The lowest BCUT2D eigenvalue weighted by molar-refractivity contribution is -0.118. The van der Waals surface area contributed by atoms with Crippen molar-refractivity contribution in [2.75, 3.05) is 5.32 Å². The minimum atomic E-state index is -0.254. The van der Waals surface area contributed by atoms with Gasteiger partial charge < -0.3 is 5.32 Å². The van der Waals surface area contributed by atoms with Gasteiger partial charge in [-0.2, -0.15) is 9.78 Å². The predicted molar refractivity (Wildman–Crippen MR) is 98.1 cm³/mol. The number of H-pyrrole nitrogens is 1. The van der Waals surface area contributed by atoms with Crippen molar-refractivity contribution in [1.82, 2.24) is 19.7 Å². The van der Waals surface area contributed by atoms with Crippen LogP contribution < -0.4 is 10.9 Å². The molecule has 0 bridgehead atoms.